The normalized spacial score (nSPS) is 13.9. The summed E-state index contributed by atoms with van der Waals surface area (Å²) in [4.78, 5) is 1.69. The van der Waals surface area contributed by atoms with Crippen molar-refractivity contribution in [1.82, 2.24) is 0 Å². The molecule has 0 spiro atoms. The summed E-state index contributed by atoms with van der Waals surface area (Å²) in [6.45, 7) is 9.32. The molecule has 11 heavy (non-hydrogen) atoms. The van der Waals surface area contributed by atoms with Crippen molar-refractivity contribution in [3.8, 4) is 0 Å². The molecule has 0 fully saturated rings. The first-order valence-corrected chi connectivity index (χ1v) is 5.16. The number of rotatable bonds is 6. The summed E-state index contributed by atoms with van der Waals surface area (Å²) in [6.07, 6.45) is 2.43. The lowest BCUT2D eigenvalue weighted by molar-refractivity contribution is -0.920. The summed E-state index contributed by atoms with van der Waals surface area (Å²) in [7, 11) is 0. The molecule has 0 aliphatic carbocycles. The topological polar surface area (TPSA) is 4.44 Å². The monoisotopic (exact) mass is 178 g/mol. The molecule has 0 aromatic heterocycles. The van der Waals surface area contributed by atoms with Crippen LogP contribution >= 0.6 is 11.6 Å². The summed E-state index contributed by atoms with van der Waals surface area (Å²) in [5.74, 6) is 0.815. The van der Waals surface area contributed by atoms with Crippen molar-refractivity contribution in [2.45, 2.75) is 39.7 Å². The molecule has 0 aliphatic rings. The fourth-order valence-corrected chi connectivity index (χ4v) is 1.51. The van der Waals surface area contributed by atoms with Crippen LogP contribution in [0.2, 0.25) is 0 Å². The average molecular weight is 179 g/mol. The molecular formula is C9H21ClN+. The van der Waals surface area contributed by atoms with Crippen LogP contribution in [-0.4, -0.2) is 25.0 Å². The first kappa shape index (κ1) is 11.2. The van der Waals surface area contributed by atoms with Gasteiger partial charge in [-0.1, -0.05) is 0 Å². The van der Waals surface area contributed by atoms with Crippen molar-refractivity contribution < 1.29 is 4.90 Å². The Morgan fingerprint density at radius 2 is 1.91 bits per heavy atom. The largest absolute Gasteiger partial charge is 0.333 e. The van der Waals surface area contributed by atoms with Crippen molar-refractivity contribution in [2.24, 2.45) is 0 Å². The number of halogens is 1. The van der Waals surface area contributed by atoms with Gasteiger partial charge >= 0.3 is 0 Å². The van der Waals surface area contributed by atoms with Gasteiger partial charge in [0.2, 0.25) is 0 Å². The second-order valence-corrected chi connectivity index (χ2v) is 3.69. The highest BCUT2D eigenvalue weighted by Gasteiger charge is 2.08. The Morgan fingerprint density at radius 1 is 1.27 bits per heavy atom. The molecule has 1 atom stereocenters. The molecule has 0 aliphatic heterocycles. The van der Waals surface area contributed by atoms with E-state index in [-0.39, 0.29) is 0 Å². The number of hydrogen-bond donors (Lipinski definition) is 1. The Hall–Kier alpha value is 0.250. The smallest absolute Gasteiger partial charge is 0.0817 e. The summed E-state index contributed by atoms with van der Waals surface area (Å²) in [5, 5.41) is 0. The Kier molecular flexibility index (Phi) is 7.09. The second-order valence-electron chi connectivity index (χ2n) is 3.31. The van der Waals surface area contributed by atoms with Crippen molar-refractivity contribution in [3.63, 3.8) is 0 Å². The van der Waals surface area contributed by atoms with Crippen LogP contribution in [0.25, 0.3) is 0 Å². The summed E-state index contributed by atoms with van der Waals surface area (Å²) < 4.78 is 0. The van der Waals surface area contributed by atoms with Crippen molar-refractivity contribution >= 4 is 11.6 Å². The fraction of sp³-hybridized carbons (Fsp3) is 1.00. The van der Waals surface area contributed by atoms with E-state index in [1.54, 1.807) is 4.90 Å². The highest BCUT2D eigenvalue weighted by atomic mass is 35.5. The third-order valence-electron chi connectivity index (χ3n) is 2.15. The average Bonchev–Trinajstić information content (AvgIpc) is 1.97. The van der Waals surface area contributed by atoms with Gasteiger partial charge in [0.1, 0.15) is 0 Å². The van der Waals surface area contributed by atoms with Crippen LogP contribution in [0.5, 0.6) is 0 Å². The molecule has 0 rings (SSSR count). The van der Waals surface area contributed by atoms with E-state index in [2.05, 4.69) is 20.8 Å². The van der Waals surface area contributed by atoms with Gasteiger partial charge in [-0.25, -0.2) is 0 Å². The van der Waals surface area contributed by atoms with Gasteiger partial charge in [0, 0.05) is 5.88 Å². The molecule has 1 nitrogen and oxygen atoms in total. The van der Waals surface area contributed by atoms with Crippen molar-refractivity contribution in [2.75, 3.05) is 19.0 Å². The minimum Gasteiger partial charge on any atom is -0.333 e. The van der Waals surface area contributed by atoms with Gasteiger partial charge in [-0.15, -0.1) is 11.6 Å². The fourth-order valence-electron chi connectivity index (χ4n) is 1.32. The lowest BCUT2D eigenvalue weighted by Gasteiger charge is -2.21. The van der Waals surface area contributed by atoms with Gasteiger partial charge in [0.15, 0.2) is 0 Å². The molecule has 1 unspecified atom stereocenters. The summed E-state index contributed by atoms with van der Waals surface area (Å²) in [6, 6.07) is 0.760. The highest BCUT2D eigenvalue weighted by Crippen LogP contribution is 1.88. The van der Waals surface area contributed by atoms with Gasteiger partial charge in [-0.2, -0.15) is 0 Å². The standard InChI is InChI=1S/C9H20ClN/c1-4-11(9(2)3)8-6-5-7-10/h9H,4-8H2,1-3H3/p+1. The van der Waals surface area contributed by atoms with E-state index in [9.17, 15) is 0 Å². The zero-order chi connectivity index (χ0) is 8.69. The zero-order valence-electron chi connectivity index (χ0n) is 7.99. The van der Waals surface area contributed by atoms with Gasteiger partial charge in [0.05, 0.1) is 19.1 Å². The maximum Gasteiger partial charge on any atom is 0.0817 e. The van der Waals surface area contributed by atoms with E-state index in [1.807, 2.05) is 0 Å². The van der Waals surface area contributed by atoms with Crippen LogP contribution in [-0.2, 0) is 0 Å². The van der Waals surface area contributed by atoms with Crippen LogP contribution in [0.15, 0.2) is 0 Å². The number of alkyl halides is 1. The Balaban J connectivity index is 3.36. The maximum atomic E-state index is 5.60. The Morgan fingerprint density at radius 3 is 2.27 bits per heavy atom. The molecule has 0 radical (unpaired) electrons. The lowest BCUT2D eigenvalue weighted by Crippen LogP contribution is -3.14. The minimum atomic E-state index is 0.760. The SMILES string of the molecule is CC[NH+](CCCCCl)C(C)C. The van der Waals surface area contributed by atoms with E-state index >= 15 is 0 Å². The van der Waals surface area contributed by atoms with E-state index in [4.69, 9.17) is 11.6 Å². The van der Waals surface area contributed by atoms with Crippen LogP contribution in [0.4, 0.5) is 0 Å². The molecule has 0 aromatic carbocycles. The first-order chi connectivity index (χ1) is 5.22. The summed E-state index contributed by atoms with van der Waals surface area (Å²) in [5.41, 5.74) is 0. The molecule has 0 amide bonds. The van der Waals surface area contributed by atoms with Crippen molar-refractivity contribution in [1.29, 1.82) is 0 Å². The quantitative estimate of drug-likeness (QED) is 0.462. The third-order valence-corrected chi connectivity index (χ3v) is 2.42. The van der Waals surface area contributed by atoms with E-state index in [0.29, 0.717) is 0 Å². The second kappa shape index (κ2) is 6.93. The van der Waals surface area contributed by atoms with Gasteiger partial charge in [-0.05, 0) is 33.6 Å². The molecule has 1 N–H and O–H groups in total. The molecule has 68 valence electrons. The highest BCUT2D eigenvalue weighted by molar-refractivity contribution is 6.17. The van der Waals surface area contributed by atoms with Crippen LogP contribution in [0.1, 0.15) is 33.6 Å². The van der Waals surface area contributed by atoms with Crippen LogP contribution in [0.3, 0.4) is 0 Å². The minimum absolute atomic E-state index is 0.760. The van der Waals surface area contributed by atoms with Crippen LogP contribution in [0, 0.1) is 0 Å². The zero-order valence-corrected chi connectivity index (χ0v) is 8.75. The predicted molar refractivity (Wildman–Crippen MR) is 51.5 cm³/mol. The Labute approximate surface area is 75.7 Å². The van der Waals surface area contributed by atoms with Crippen molar-refractivity contribution in [3.05, 3.63) is 0 Å². The summed E-state index contributed by atoms with van der Waals surface area (Å²) >= 11 is 5.60. The molecule has 0 heterocycles. The molecular weight excluding hydrogens is 158 g/mol. The molecule has 2 heteroatoms. The number of hydrogen-bond acceptors (Lipinski definition) is 0. The first-order valence-electron chi connectivity index (χ1n) is 4.62. The van der Waals surface area contributed by atoms with E-state index < -0.39 is 0 Å². The number of quaternary nitrogens is 1. The molecule has 0 saturated heterocycles. The third kappa shape index (κ3) is 5.51. The predicted octanol–water partition coefficient (Wildman–Crippen LogP) is 1.32. The number of unbranched alkanes of at least 4 members (excludes halogenated alkanes) is 1. The van der Waals surface area contributed by atoms with Gasteiger partial charge < -0.3 is 4.90 Å². The van der Waals surface area contributed by atoms with Gasteiger partial charge in [0.25, 0.3) is 0 Å². The van der Waals surface area contributed by atoms with E-state index in [0.717, 1.165) is 18.3 Å². The van der Waals surface area contributed by atoms with Gasteiger partial charge in [-0.3, -0.25) is 0 Å². The van der Waals surface area contributed by atoms with Crippen LogP contribution < -0.4 is 4.90 Å². The van der Waals surface area contributed by atoms with E-state index in [1.165, 1.54) is 19.5 Å². The number of nitrogens with one attached hydrogen (secondary N) is 1. The molecule has 0 bridgehead atoms. The Bertz CT molecular complexity index is 83.6. The molecule has 0 aromatic rings. The lowest BCUT2D eigenvalue weighted by atomic mass is 10.2. The maximum absolute atomic E-state index is 5.60. The molecule has 0 saturated carbocycles.